The Labute approximate surface area is 308 Å². The van der Waals surface area contributed by atoms with E-state index in [2.05, 4.69) is 151 Å². The fourth-order valence-corrected chi connectivity index (χ4v) is 5.75. The van der Waals surface area contributed by atoms with Crippen molar-refractivity contribution in [2.75, 3.05) is 24.7 Å². The highest BCUT2D eigenvalue weighted by Crippen LogP contribution is 2.35. The summed E-state index contributed by atoms with van der Waals surface area (Å²) in [7, 11) is 0. The molecule has 4 heteroatoms. The van der Waals surface area contributed by atoms with E-state index in [9.17, 15) is 0 Å². The highest BCUT2D eigenvalue weighted by atomic mass is 16.5. The second kappa shape index (κ2) is 18.1. The standard InChI is InChI=1S/C48H45NO3/c1-4-50-46-31-19-40(20-32-46)10-7-37-13-25-43(26-14-37)49(44-27-15-38(16-28-44)8-11-41-21-33-47(34-22-41)51-5-2)45-29-17-39(18-30-45)9-12-42-23-35-48(36-24-42)52-6-3/h7-36H,4-6H2,1-3H3/b10-7+,11-8+,12-9+. The number of anilines is 3. The lowest BCUT2D eigenvalue weighted by atomic mass is 10.1. The minimum atomic E-state index is 0.663. The molecule has 0 aliphatic rings. The maximum atomic E-state index is 5.58. The first-order valence-corrected chi connectivity index (χ1v) is 17.9. The van der Waals surface area contributed by atoms with Gasteiger partial charge in [-0.3, -0.25) is 0 Å². The molecule has 6 rings (SSSR count). The van der Waals surface area contributed by atoms with Crippen LogP contribution < -0.4 is 19.1 Å². The predicted molar refractivity (Wildman–Crippen MR) is 221 cm³/mol. The molecule has 6 aromatic rings. The van der Waals surface area contributed by atoms with E-state index >= 15 is 0 Å². The molecule has 0 N–H and O–H groups in total. The van der Waals surface area contributed by atoms with Crippen molar-refractivity contribution >= 4 is 53.5 Å². The number of hydrogen-bond acceptors (Lipinski definition) is 4. The van der Waals surface area contributed by atoms with Gasteiger partial charge in [-0.1, -0.05) is 109 Å². The van der Waals surface area contributed by atoms with Crippen LogP contribution in [-0.4, -0.2) is 19.8 Å². The van der Waals surface area contributed by atoms with E-state index in [1.165, 1.54) is 0 Å². The smallest absolute Gasteiger partial charge is 0.119 e. The zero-order chi connectivity index (χ0) is 36.0. The quantitative estimate of drug-likeness (QED) is 0.101. The first-order chi connectivity index (χ1) is 25.6. The predicted octanol–water partition coefficient (Wildman–Crippen LogP) is 12.9. The molecule has 0 spiro atoms. The third kappa shape index (κ3) is 9.92. The van der Waals surface area contributed by atoms with Gasteiger partial charge in [-0.05, 0) is 127 Å². The molecule has 6 aromatic carbocycles. The molecule has 0 amide bonds. The lowest BCUT2D eigenvalue weighted by Crippen LogP contribution is -2.09. The molecule has 52 heavy (non-hydrogen) atoms. The summed E-state index contributed by atoms with van der Waals surface area (Å²) in [4.78, 5) is 2.29. The highest BCUT2D eigenvalue weighted by molar-refractivity contribution is 5.80. The fraction of sp³-hybridized carbons (Fsp3) is 0.125. The van der Waals surface area contributed by atoms with E-state index in [1.807, 2.05) is 57.2 Å². The van der Waals surface area contributed by atoms with Crippen molar-refractivity contribution < 1.29 is 14.2 Å². The van der Waals surface area contributed by atoms with Gasteiger partial charge in [-0.15, -0.1) is 0 Å². The van der Waals surface area contributed by atoms with Crippen LogP contribution in [0.3, 0.4) is 0 Å². The summed E-state index contributed by atoms with van der Waals surface area (Å²) in [6.07, 6.45) is 12.8. The first-order valence-electron chi connectivity index (χ1n) is 17.9. The largest absolute Gasteiger partial charge is 0.494 e. The molecule has 0 aromatic heterocycles. The van der Waals surface area contributed by atoms with Crippen LogP contribution in [-0.2, 0) is 0 Å². The van der Waals surface area contributed by atoms with Crippen molar-refractivity contribution in [1.29, 1.82) is 0 Å². The van der Waals surface area contributed by atoms with Gasteiger partial charge in [0.05, 0.1) is 19.8 Å². The Morgan fingerprint density at radius 1 is 0.308 bits per heavy atom. The number of rotatable bonds is 15. The lowest BCUT2D eigenvalue weighted by Gasteiger charge is -2.26. The summed E-state index contributed by atoms with van der Waals surface area (Å²) in [5, 5.41) is 0. The number of hydrogen-bond donors (Lipinski definition) is 0. The average Bonchev–Trinajstić information content (AvgIpc) is 3.19. The monoisotopic (exact) mass is 683 g/mol. The molecule has 0 saturated carbocycles. The maximum Gasteiger partial charge on any atom is 0.119 e. The molecule has 0 bridgehead atoms. The van der Waals surface area contributed by atoms with Crippen molar-refractivity contribution in [3.8, 4) is 17.2 Å². The van der Waals surface area contributed by atoms with E-state index in [4.69, 9.17) is 14.2 Å². The van der Waals surface area contributed by atoms with Gasteiger partial charge in [0, 0.05) is 17.1 Å². The highest BCUT2D eigenvalue weighted by Gasteiger charge is 2.12. The molecule has 0 heterocycles. The Bertz CT molecular complexity index is 1810. The molecule has 0 unspecified atom stereocenters. The van der Waals surface area contributed by atoms with Gasteiger partial charge in [-0.2, -0.15) is 0 Å². The van der Waals surface area contributed by atoms with E-state index in [0.29, 0.717) is 19.8 Å². The zero-order valence-electron chi connectivity index (χ0n) is 30.1. The molecule has 0 radical (unpaired) electrons. The van der Waals surface area contributed by atoms with Crippen LogP contribution >= 0.6 is 0 Å². The van der Waals surface area contributed by atoms with Crippen molar-refractivity contribution in [2.45, 2.75) is 20.8 Å². The van der Waals surface area contributed by atoms with E-state index in [0.717, 1.165) is 67.7 Å². The fourth-order valence-electron chi connectivity index (χ4n) is 5.75. The van der Waals surface area contributed by atoms with Gasteiger partial charge in [0.2, 0.25) is 0 Å². The topological polar surface area (TPSA) is 30.9 Å². The Kier molecular flexibility index (Phi) is 12.4. The second-order valence-corrected chi connectivity index (χ2v) is 12.1. The molecular weight excluding hydrogens is 639 g/mol. The van der Waals surface area contributed by atoms with Crippen LogP contribution in [0.25, 0.3) is 36.5 Å². The number of nitrogens with zero attached hydrogens (tertiary/aromatic N) is 1. The van der Waals surface area contributed by atoms with Crippen LogP contribution in [0.15, 0.2) is 146 Å². The average molecular weight is 684 g/mol. The second-order valence-electron chi connectivity index (χ2n) is 12.1. The summed E-state index contributed by atoms with van der Waals surface area (Å²) in [6.45, 7) is 7.98. The van der Waals surface area contributed by atoms with Gasteiger partial charge < -0.3 is 19.1 Å². The van der Waals surface area contributed by atoms with Gasteiger partial charge in [0.1, 0.15) is 17.2 Å². The molecule has 0 fully saturated rings. The SMILES string of the molecule is CCOc1ccc(/C=C/c2ccc(N(c3ccc(/C=C/c4ccc(OCC)cc4)cc3)c3ccc(/C=C/c4ccc(OCC)cc4)cc3)cc2)cc1. The van der Waals surface area contributed by atoms with Crippen molar-refractivity contribution in [1.82, 2.24) is 0 Å². The molecule has 4 nitrogen and oxygen atoms in total. The van der Waals surface area contributed by atoms with Crippen molar-refractivity contribution in [2.24, 2.45) is 0 Å². The van der Waals surface area contributed by atoms with Crippen LogP contribution in [0.2, 0.25) is 0 Å². The van der Waals surface area contributed by atoms with Crippen LogP contribution in [0.1, 0.15) is 54.2 Å². The number of benzene rings is 6. The molecule has 0 atom stereocenters. The summed E-state index contributed by atoms with van der Waals surface area (Å²) < 4.78 is 16.8. The number of ether oxygens (including phenoxy) is 3. The van der Waals surface area contributed by atoms with Gasteiger partial charge >= 0.3 is 0 Å². The third-order valence-corrected chi connectivity index (χ3v) is 8.43. The Balaban J connectivity index is 1.23. The normalized spacial score (nSPS) is 11.4. The van der Waals surface area contributed by atoms with Crippen molar-refractivity contribution in [3.63, 3.8) is 0 Å². The minimum Gasteiger partial charge on any atom is -0.494 e. The lowest BCUT2D eigenvalue weighted by molar-refractivity contribution is 0.340. The van der Waals surface area contributed by atoms with Crippen LogP contribution in [0.4, 0.5) is 17.1 Å². The van der Waals surface area contributed by atoms with Crippen molar-refractivity contribution in [3.05, 3.63) is 179 Å². The third-order valence-electron chi connectivity index (χ3n) is 8.43. The molecule has 260 valence electrons. The zero-order valence-corrected chi connectivity index (χ0v) is 30.1. The summed E-state index contributed by atoms with van der Waals surface area (Å²) in [6, 6.07) is 50.5. The maximum absolute atomic E-state index is 5.58. The van der Waals surface area contributed by atoms with E-state index < -0.39 is 0 Å². The summed E-state index contributed by atoms with van der Waals surface area (Å²) in [5.41, 5.74) is 9.99. The van der Waals surface area contributed by atoms with E-state index in [1.54, 1.807) is 0 Å². The molecule has 0 aliphatic heterocycles. The minimum absolute atomic E-state index is 0.663. The first kappa shape index (κ1) is 35.6. The van der Waals surface area contributed by atoms with Gasteiger partial charge in [0.25, 0.3) is 0 Å². The van der Waals surface area contributed by atoms with Crippen LogP contribution in [0, 0.1) is 0 Å². The van der Waals surface area contributed by atoms with Crippen LogP contribution in [0.5, 0.6) is 17.2 Å². The Morgan fingerprint density at radius 3 is 0.692 bits per heavy atom. The van der Waals surface area contributed by atoms with E-state index in [-0.39, 0.29) is 0 Å². The molecule has 0 saturated heterocycles. The Hall–Kier alpha value is -6.26. The van der Waals surface area contributed by atoms with Gasteiger partial charge in [-0.25, -0.2) is 0 Å². The Morgan fingerprint density at radius 2 is 0.500 bits per heavy atom. The summed E-state index contributed by atoms with van der Waals surface area (Å²) in [5.74, 6) is 2.66. The summed E-state index contributed by atoms with van der Waals surface area (Å²) >= 11 is 0. The van der Waals surface area contributed by atoms with Gasteiger partial charge in [0.15, 0.2) is 0 Å². The molecule has 0 aliphatic carbocycles. The molecular formula is C48H45NO3.